The summed E-state index contributed by atoms with van der Waals surface area (Å²) in [6, 6.07) is 12.7. The van der Waals surface area contributed by atoms with Gasteiger partial charge < -0.3 is 5.32 Å². The molecule has 0 fully saturated rings. The predicted molar refractivity (Wildman–Crippen MR) is 76.0 cm³/mol. The van der Waals surface area contributed by atoms with Crippen molar-refractivity contribution in [3.63, 3.8) is 0 Å². The van der Waals surface area contributed by atoms with Crippen molar-refractivity contribution in [2.75, 3.05) is 0 Å². The Labute approximate surface area is 116 Å². The van der Waals surface area contributed by atoms with E-state index in [9.17, 15) is 4.79 Å². The van der Waals surface area contributed by atoms with E-state index in [4.69, 9.17) is 5.26 Å². The normalized spacial score (nSPS) is 11.6. The summed E-state index contributed by atoms with van der Waals surface area (Å²) in [5, 5.41) is 13.7. The Morgan fingerprint density at radius 1 is 1.37 bits per heavy atom. The molecule has 0 spiro atoms. The van der Waals surface area contributed by atoms with E-state index in [1.807, 2.05) is 30.5 Å². The molecule has 1 atom stereocenters. The first-order chi connectivity index (χ1) is 9.24. The van der Waals surface area contributed by atoms with Crippen LogP contribution in [0.25, 0.3) is 0 Å². The highest BCUT2D eigenvalue weighted by molar-refractivity contribution is 7.10. The van der Waals surface area contributed by atoms with Crippen LogP contribution in [0.5, 0.6) is 0 Å². The summed E-state index contributed by atoms with van der Waals surface area (Å²) < 4.78 is 0. The van der Waals surface area contributed by atoms with Gasteiger partial charge in [-0.25, -0.2) is 0 Å². The van der Waals surface area contributed by atoms with Gasteiger partial charge in [-0.3, -0.25) is 4.79 Å². The lowest BCUT2D eigenvalue weighted by atomic mass is 10.1. The Hall–Kier alpha value is -2.12. The second-order valence-corrected chi connectivity index (χ2v) is 5.12. The van der Waals surface area contributed by atoms with Gasteiger partial charge in [0.15, 0.2) is 0 Å². The number of benzene rings is 1. The second-order valence-electron chi connectivity index (χ2n) is 4.14. The molecule has 96 valence electrons. The summed E-state index contributed by atoms with van der Waals surface area (Å²) in [5.41, 5.74) is 1.14. The Morgan fingerprint density at radius 3 is 2.63 bits per heavy atom. The van der Waals surface area contributed by atoms with Crippen molar-refractivity contribution in [2.24, 2.45) is 0 Å². The van der Waals surface area contributed by atoms with Gasteiger partial charge in [-0.15, -0.1) is 11.3 Å². The summed E-state index contributed by atoms with van der Waals surface area (Å²) in [5.74, 6) is -0.107. The zero-order valence-electron chi connectivity index (χ0n) is 10.6. The monoisotopic (exact) mass is 270 g/mol. The van der Waals surface area contributed by atoms with Gasteiger partial charge >= 0.3 is 0 Å². The van der Waals surface area contributed by atoms with Gasteiger partial charge in [0.2, 0.25) is 0 Å². The predicted octanol–water partition coefficient (Wildman–Crippen LogP) is 3.50. The standard InChI is InChI=1S/C15H14N2OS/c1-2-13(14-4-3-9-19-14)17-15(18)12-7-5-11(10-16)6-8-12/h3-9,13H,2H2,1H3,(H,17,18). The molecule has 1 unspecified atom stereocenters. The first-order valence-corrected chi connectivity index (χ1v) is 6.97. The zero-order chi connectivity index (χ0) is 13.7. The number of thiophene rings is 1. The molecule has 3 nitrogen and oxygen atoms in total. The smallest absolute Gasteiger partial charge is 0.251 e. The molecule has 0 saturated carbocycles. The van der Waals surface area contributed by atoms with E-state index >= 15 is 0 Å². The molecule has 19 heavy (non-hydrogen) atoms. The van der Waals surface area contributed by atoms with Crippen molar-refractivity contribution < 1.29 is 4.79 Å². The highest BCUT2D eigenvalue weighted by Gasteiger charge is 2.14. The van der Waals surface area contributed by atoms with E-state index < -0.39 is 0 Å². The van der Waals surface area contributed by atoms with Crippen LogP contribution in [0.4, 0.5) is 0 Å². The Bertz CT molecular complexity index is 582. The Morgan fingerprint density at radius 2 is 2.11 bits per heavy atom. The zero-order valence-corrected chi connectivity index (χ0v) is 11.4. The van der Waals surface area contributed by atoms with Crippen LogP contribution in [0.1, 0.15) is 40.2 Å². The van der Waals surface area contributed by atoms with E-state index in [2.05, 4.69) is 5.32 Å². The lowest BCUT2D eigenvalue weighted by Crippen LogP contribution is -2.27. The number of nitriles is 1. The number of nitrogens with zero attached hydrogens (tertiary/aromatic N) is 1. The van der Waals surface area contributed by atoms with Gasteiger partial charge in [0.1, 0.15) is 0 Å². The van der Waals surface area contributed by atoms with Crippen LogP contribution in [-0.4, -0.2) is 5.91 Å². The fourth-order valence-electron chi connectivity index (χ4n) is 1.80. The van der Waals surface area contributed by atoms with E-state index in [1.165, 1.54) is 0 Å². The molecular formula is C15H14N2OS. The molecule has 0 aliphatic rings. The highest BCUT2D eigenvalue weighted by atomic mass is 32.1. The largest absolute Gasteiger partial charge is 0.344 e. The molecule has 1 amide bonds. The van der Waals surface area contributed by atoms with Gasteiger partial charge in [0.05, 0.1) is 17.7 Å². The number of carbonyl (C=O) groups excluding carboxylic acids is 1. The fourth-order valence-corrected chi connectivity index (χ4v) is 2.66. The minimum absolute atomic E-state index is 0.0446. The topological polar surface area (TPSA) is 52.9 Å². The number of nitrogens with one attached hydrogen (secondary N) is 1. The summed E-state index contributed by atoms with van der Waals surface area (Å²) >= 11 is 1.64. The first kappa shape index (κ1) is 13.3. The number of hydrogen-bond donors (Lipinski definition) is 1. The van der Waals surface area contributed by atoms with E-state index in [0.717, 1.165) is 11.3 Å². The highest BCUT2D eigenvalue weighted by Crippen LogP contribution is 2.22. The van der Waals surface area contributed by atoms with Gasteiger partial charge in [0, 0.05) is 10.4 Å². The number of hydrogen-bond acceptors (Lipinski definition) is 3. The van der Waals surface area contributed by atoms with Crippen LogP contribution >= 0.6 is 11.3 Å². The van der Waals surface area contributed by atoms with Crippen molar-refractivity contribution in [2.45, 2.75) is 19.4 Å². The molecule has 0 bridgehead atoms. The molecule has 0 aliphatic heterocycles. The summed E-state index contributed by atoms with van der Waals surface area (Å²) in [6.07, 6.45) is 0.850. The van der Waals surface area contributed by atoms with Crippen molar-refractivity contribution in [3.05, 3.63) is 57.8 Å². The maximum absolute atomic E-state index is 12.1. The molecule has 2 rings (SSSR count). The first-order valence-electron chi connectivity index (χ1n) is 6.09. The lowest BCUT2D eigenvalue weighted by molar-refractivity contribution is 0.0936. The third-order valence-corrected chi connectivity index (χ3v) is 3.86. The van der Waals surface area contributed by atoms with Crippen LogP contribution in [0, 0.1) is 11.3 Å². The van der Waals surface area contributed by atoms with Crippen LogP contribution in [0.15, 0.2) is 41.8 Å². The number of rotatable bonds is 4. The van der Waals surface area contributed by atoms with E-state index in [-0.39, 0.29) is 11.9 Å². The average Bonchev–Trinajstić information content (AvgIpc) is 2.98. The quantitative estimate of drug-likeness (QED) is 0.924. The van der Waals surface area contributed by atoms with Crippen LogP contribution in [0.2, 0.25) is 0 Å². The summed E-state index contributed by atoms with van der Waals surface area (Å²) in [7, 11) is 0. The summed E-state index contributed by atoms with van der Waals surface area (Å²) in [4.78, 5) is 13.3. The molecule has 1 aromatic heterocycles. The second kappa shape index (κ2) is 6.17. The minimum Gasteiger partial charge on any atom is -0.344 e. The average molecular weight is 270 g/mol. The molecular weight excluding hydrogens is 256 g/mol. The maximum Gasteiger partial charge on any atom is 0.251 e. The van der Waals surface area contributed by atoms with Gasteiger partial charge in [-0.1, -0.05) is 13.0 Å². The maximum atomic E-state index is 12.1. The molecule has 1 heterocycles. The van der Waals surface area contributed by atoms with Crippen molar-refractivity contribution >= 4 is 17.2 Å². The van der Waals surface area contributed by atoms with E-state index in [1.54, 1.807) is 35.6 Å². The van der Waals surface area contributed by atoms with Crippen molar-refractivity contribution in [3.8, 4) is 6.07 Å². The molecule has 0 saturated heterocycles. The fraction of sp³-hybridized carbons (Fsp3) is 0.200. The van der Waals surface area contributed by atoms with Crippen molar-refractivity contribution in [1.82, 2.24) is 5.32 Å². The van der Waals surface area contributed by atoms with Gasteiger partial charge in [-0.05, 0) is 42.1 Å². The molecule has 1 aromatic carbocycles. The molecule has 1 N–H and O–H groups in total. The third-order valence-electron chi connectivity index (χ3n) is 2.88. The Kier molecular flexibility index (Phi) is 4.32. The lowest BCUT2D eigenvalue weighted by Gasteiger charge is -2.15. The van der Waals surface area contributed by atoms with Gasteiger partial charge in [0.25, 0.3) is 5.91 Å². The molecule has 4 heteroatoms. The third kappa shape index (κ3) is 3.21. The van der Waals surface area contributed by atoms with Crippen LogP contribution in [-0.2, 0) is 0 Å². The summed E-state index contributed by atoms with van der Waals surface area (Å²) in [6.45, 7) is 2.05. The Balaban J connectivity index is 2.09. The molecule has 0 aliphatic carbocycles. The van der Waals surface area contributed by atoms with Crippen molar-refractivity contribution in [1.29, 1.82) is 5.26 Å². The minimum atomic E-state index is -0.107. The van der Waals surface area contributed by atoms with E-state index in [0.29, 0.717) is 11.1 Å². The van der Waals surface area contributed by atoms with Gasteiger partial charge in [-0.2, -0.15) is 5.26 Å². The molecule has 0 radical (unpaired) electrons. The number of amides is 1. The molecule has 2 aromatic rings. The SMILES string of the molecule is CCC(NC(=O)c1ccc(C#N)cc1)c1cccs1. The number of carbonyl (C=O) groups is 1. The van der Waals surface area contributed by atoms with Crippen LogP contribution < -0.4 is 5.32 Å². The van der Waals surface area contributed by atoms with Crippen LogP contribution in [0.3, 0.4) is 0 Å².